The van der Waals surface area contributed by atoms with Crippen LogP contribution in [0.2, 0.25) is 0 Å². The molecule has 0 spiro atoms. The molecule has 72 valence electrons. The van der Waals surface area contributed by atoms with Crippen LogP contribution in [-0.2, 0) is 0 Å². The molecular weight excluding hydrogens is 194 g/mol. The summed E-state index contributed by atoms with van der Waals surface area (Å²) >= 11 is 5.59. The number of hydrogen-bond donors (Lipinski definition) is 1. The summed E-state index contributed by atoms with van der Waals surface area (Å²) in [4.78, 5) is 2.72. The summed E-state index contributed by atoms with van der Waals surface area (Å²) in [7, 11) is 0. The lowest BCUT2D eigenvalue weighted by Gasteiger charge is -2.09. The molecule has 14 heavy (non-hydrogen) atoms. The minimum Gasteiger partial charge on any atom is -0.226 e. The second-order valence-corrected chi connectivity index (χ2v) is 3.66. The topological polar surface area (TPSA) is 12.0 Å². The van der Waals surface area contributed by atoms with E-state index in [1.165, 1.54) is 16.3 Å². The van der Waals surface area contributed by atoms with Gasteiger partial charge in [-0.15, -0.1) is 0 Å². The van der Waals surface area contributed by atoms with Crippen LogP contribution in [0.25, 0.3) is 10.8 Å². The van der Waals surface area contributed by atoms with Crippen LogP contribution in [0.4, 0.5) is 0 Å². The zero-order valence-corrected chi connectivity index (χ0v) is 8.75. The average Bonchev–Trinajstić information content (AvgIpc) is 2.27. The Hall–Kier alpha value is -1.05. The maximum atomic E-state index is 5.59. The van der Waals surface area contributed by atoms with E-state index in [1.807, 2.05) is 19.1 Å². The van der Waals surface area contributed by atoms with Crippen LogP contribution < -0.4 is 4.84 Å². The van der Waals surface area contributed by atoms with Crippen LogP contribution in [0.1, 0.15) is 18.5 Å². The second-order valence-electron chi connectivity index (χ2n) is 3.44. The highest BCUT2D eigenvalue weighted by molar-refractivity contribution is 6.13. The van der Waals surface area contributed by atoms with Crippen LogP contribution in [-0.4, -0.2) is 0 Å². The predicted molar refractivity (Wildman–Crippen MR) is 61.4 cm³/mol. The zero-order valence-electron chi connectivity index (χ0n) is 8.00. The standard InChI is InChI=1S/C12H12ClN/c1-9(14-13)11-7-6-10-4-2-3-5-12(10)8-11/h2-9,14H,1H3/t9-/m0/s1. The van der Waals surface area contributed by atoms with Gasteiger partial charge in [0.05, 0.1) is 0 Å². The van der Waals surface area contributed by atoms with Gasteiger partial charge in [0.25, 0.3) is 0 Å². The Morgan fingerprint density at radius 2 is 1.79 bits per heavy atom. The van der Waals surface area contributed by atoms with Crippen LogP contribution >= 0.6 is 11.8 Å². The molecule has 0 aliphatic heterocycles. The Morgan fingerprint density at radius 1 is 1.07 bits per heavy atom. The van der Waals surface area contributed by atoms with Crippen molar-refractivity contribution in [2.24, 2.45) is 0 Å². The fraction of sp³-hybridized carbons (Fsp3) is 0.167. The molecule has 0 fully saturated rings. The van der Waals surface area contributed by atoms with Crippen LogP contribution in [0.15, 0.2) is 42.5 Å². The third kappa shape index (κ3) is 1.74. The van der Waals surface area contributed by atoms with E-state index in [0.29, 0.717) is 0 Å². The van der Waals surface area contributed by atoms with Gasteiger partial charge in [0, 0.05) is 6.04 Å². The predicted octanol–water partition coefficient (Wildman–Crippen LogP) is 3.64. The molecule has 2 aromatic rings. The maximum Gasteiger partial charge on any atom is 0.0442 e. The third-order valence-corrected chi connectivity index (χ3v) is 2.76. The number of rotatable bonds is 2. The first-order chi connectivity index (χ1) is 6.81. The minimum absolute atomic E-state index is 0.182. The van der Waals surface area contributed by atoms with E-state index in [9.17, 15) is 0 Å². The van der Waals surface area contributed by atoms with E-state index in [2.05, 4.69) is 35.2 Å². The molecule has 1 N–H and O–H groups in total. The van der Waals surface area contributed by atoms with Crippen molar-refractivity contribution in [3.8, 4) is 0 Å². The number of fused-ring (bicyclic) bond motifs is 1. The van der Waals surface area contributed by atoms with Crippen molar-refractivity contribution in [2.75, 3.05) is 0 Å². The normalized spacial score (nSPS) is 13.0. The molecule has 0 bridgehead atoms. The third-order valence-electron chi connectivity index (χ3n) is 2.44. The second kappa shape index (κ2) is 3.99. The lowest BCUT2D eigenvalue weighted by atomic mass is 10.0. The van der Waals surface area contributed by atoms with E-state index in [0.717, 1.165) is 0 Å². The lowest BCUT2D eigenvalue weighted by molar-refractivity contribution is 0.746. The number of halogens is 1. The van der Waals surface area contributed by atoms with Gasteiger partial charge in [-0.2, -0.15) is 0 Å². The summed E-state index contributed by atoms with van der Waals surface area (Å²) in [6.07, 6.45) is 0. The van der Waals surface area contributed by atoms with Crippen LogP contribution in [0.5, 0.6) is 0 Å². The quantitative estimate of drug-likeness (QED) is 0.739. The smallest absolute Gasteiger partial charge is 0.0442 e. The fourth-order valence-corrected chi connectivity index (χ4v) is 1.67. The number of nitrogens with one attached hydrogen (secondary N) is 1. The molecule has 0 aliphatic carbocycles. The first kappa shape index (κ1) is 9.50. The van der Waals surface area contributed by atoms with Crippen molar-refractivity contribution in [1.29, 1.82) is 0 Å². The summed E-state index contributed by atoms with van der Waals surface area (Å²) in [6.45, 7) is 2.04. The molecule has 0 heterocycles. The fourth-order valence-electron chi connectivity index (χ4n) is 1.54. The van der Waals surface area contributed by atoms with Gasteiger partial charge in [0.15, 0.2) is 0 Å². The summed E-state index contributed by atoms with van der Waals surface area (Å²) < 4.78 is 0. The summed E-state index contributed by atoms with van der Waals surface area (Å²) in [6, 6.07) is 14.9. The Morgan fingerprint density at radius 3 is 2.50 bits per heavy atom. The molecule has 0 aromatic heterocycles. The van der Waals surface area contributed by atoms with E-state index in [4.69, 9.17) is 11.8 Å². The van der Waals surface area contributed by atoms with Crippen molar-refractivity contribution in [2.45, 2.75) is 13.0 Å². The van der Waals surface area contributed by atoms with Gasteiger partial charge >= 0.3 is 0 Å². The van der Waals surface area contributed by atoms with Gasteiger partial charge in [-0.25, -0.2) is 4.84 Å². The van der Waals surface area contributed by atoms with Gasteiger partial charge in [-0.05, 0) is 41.1 Å². The molecule has 0 aliphatic rings. The molecule has 1 atom stereocenters. The lowest BCUT2D eigenvalue weighted by Crippen LogP contribution is -2.05. The Bertz CT molecular complexity index is 439. The van der Waals surface area contributed by atoms with Crippen molar-refractivity contribution < 1.29 is 0 Å². The number of hydrogen-bond acceptors (Lipinski definition) is 1. The zero-order chi connectivity index (χ0) is 9.97. The van der Waals surface area contributed by atoms with Crippen molar-refractivity contribution in [3.05, 3.63) is 48.0 Å². The summed E-state index contributed by atoms with van der Waals surface area (Å²) in [5.74, 6) is 0. The molecular formula is C12H12ClN. The number of benzene rings is 2. The molecule has 2 heteroatoms. The molecule has 0 unspecified atom stereocenters. The first-order valence-corrected chi connectivity index (χ1v) is 5.04. The van der Waals surface area contributed by atoms with E-state index in [1.54, 1.807) is 0 Å². The average molecular weight is 206 g/mol. The Kier molecular flexibility index (Phi) is 2.71. The molecule has 0 saturated carbocycles. The van der Waals surface area contributed by atoms with Gasteiger partial charge in [0.2, 0.25) is 0 Å². The molecule has 2 aromatic carbocycles. The van der Waals surface area contributed by atoms with E-state index >= 15 is 0 Å². The monoisotopic (exact) mass is 205 g/mol. The van der Waals surface area contributed by atoms with Gasteiger partial charge in [-0.3, -0.25) is 0 Å². The maximum absolute atomic E-state index is 5.59. The highest BCUT2D eigenvalue weighted by atomic mass is 35.5. The SMILES string of the molecule is C[C@H](NCl)c1ccc2ccccc2c1. The molecule has 2 rings (SSSR count). The molecule has 0 radical (unpaired) electrons. The highest BCUT2D eigenvalue weighted by Crippen LogP contribution is 2.20. The first-order valence-electron chi connectivity index (χ1n) is 4.66. The summed E-state index contributed by atoms with van der Waals surface area (Å²) in [5.41, 5.74) is 1.21. The molecule has 1 nitrogen and oxygen atoms in total. The Balaban J connectivity index is 2.51. The van der Waals surface area contributed by atoms with Gasteiger partial charge < -0.3 is 0 Å². The van der Waals surface area contributed by atoms with E-state index < -0.39 is 0 Å². The molecule has 0 amide bonds. The van der Waals surface area contributed by atoms with Crippen LogP contribution in [0.3, 0.4) is 0 Å². The van der Waals surface area contributed by atoms with E-state index in [-0.39, 0.29) is 6.04 Å². The van der Waals surface area contributed by atoms with Crippen molar-refractivity contribution in [3.63, 3.8) is 0 Å². The summed E-state index contributed by atoms with van der Waals surface area (Å²) in [5, 5.41) is 2.52. The Labute approximate surface area is 88.8 Å². The van der Waals surface area contributed by atoms with Crippen LogP contribution in [0, 0.1) is 0 Å². The highest BCUT2D eigenvalue weighted by Gasteiger charge is 2.03. The minimum atomic E-state index is 0.182. The van der Waals surface area contributed by atoms with Gasteiger partial charge in [-0.1, -0.05) is 36.4 Å². The van der Waals surface area contributed by atoms with Crippen molar-refractivity contribution in [1.82, 2.24) is 4.84 Å². The largest absolute Gasteiger partial charge is 0.226 e. The molecule has 0 saturated heterocycles. The van der Waals surface area contributed by atoms with Gasteiger partial charge in [0.1, 0.15) is 0 Å². The van der Waals surface area contributed by atoms with Crippen molar-refractivity contribution >= 4 is 22.5 Å².